The van der Waals surface area contributed by atoms with Crippen LogP contribution in [0.1, 0.15) is 18.4 Å². The van der Waals surface area contributed by atoms with Gasteiger partial charge in [-0.25, -0.2) is 4.52 Å². The molecule has 2 fully saturated rings. The summed E-state index contributed by atoms with van der Waals surface area (Å²) in [6.45, 7) is 7.49. The molecule has 0 bridgehead atoms. The number of nitrogens with zero attached hydrogens (tertiary/aromatic N) is 7. The Bertz CT molecular complexity index is 1480. The van der Waals surface area contributed by atoms with Gasteiger partial charge in [0.2, 0.25) is 5.91 Å². The van der Waals surface area contributed by atoms with E-state index in [9.17, 15) is 10.1 Å². The minimum atomic E-state index is -0.0129. The van der Waals surface area contributed by atoms with Gasteiger partial charge in [-0.05, 0) is 48.6 Å². The largest absolute Gasteiger partial charge is 0.368 e. The van der Waals surface area contributed by atoms with Crippen molar-refractivity contribution in [3.8, 4) is 28.3 Å². The molecule has 6 rings (SSSR count). The van der Waals surface area contributed by atoms with Crippen LogP contribution in [-0.2, 0) is 11.3 Å². The summed E-state index contributed by atoms with van der Waals surface area (Å²) in [5.74, 6) is 0.741. The van der Waals surface area contributed by atoms with Gasteiger partial charge in [-0.3, -0.25) is 9.48 Å². The fourth-order valence-corrected chi connectivity index (χ4v) is 4.92. The molecule has 8 heteroatoms. The van der Waals surface area contributed by atoms with Crippen molar-refractivity contribution < 1.29 is 4.79 Å². The highest BCUT2D eigenvalue weighted by atomic mass is 16.2. The highest BCUT2D eigenvalue weighted by Crippen LogP contribution is 2.34. The van der Waals surface area contributed by atoms with Crippen LogP contribution in [0.25, 0.3) is 27.8 Å². The number of nitriles is 1. The standard InChI is InChI=1S/C28H27N7O/c1-2-27(36)33-11-9-32(10-12-33)25-7-5-21(6-8-25)26-13-22(19-35-28(26)23(14-29)15-31-35)24-16-30-34(18-24)17-20-3-4-20/h2,5-8,13,15-16,18-20H,1,3-4,9-12,17H2. The maximum Gasteiger partial charge on any atom is 0.246 e. The fourth-order valence-electron chi connectivity index (χ4n) is 4.92. The minimum Gasteiger partial charge on any atom is -0.368 e. The van der Waals surface area contributed by atoms with Crippen LogP contribution in [0.2, 0.25) is 0 Å². The molecule has 0 atom stereocenters. The fraction of sp³-hybridized carbons (Fsp3) is 0.286. The summed E-state index contributed by atoms with van der Waals surface area (Å²) in [7, 11) is 0. The first kappa shape index (κ1) is 22.1. The molecule has 180 valence electrons. The van der Waals surface area contributed by atoms with Crippen molar-refractivity contribution >= 4 is 17.1 Å². The molecule has 0 radical (unpaired) electrons. The van der Waals surface area contributed by atoms with Crippen LogP contribution in [0.3, 0.4) is 0 Å². The number of amides is 1. The molecule has 1 amide bonds. The van der Waals surface area contributed by atoms with E-state index in [0.717, 1.165) is 59.0 Å². The highest BCUT2D eigenvalue weighted by molar-refractivity contribution is 5.88. The van der Waals surface area contributed by atoms with Crippen molar-refractivity contribution in [2.24, 2.45) is 5.92 Å². The number of carbonyl (C=O) groups excluding carboxylic acids is 1. The van der Waals surface area contributed by atoms with E-state index in [-0.39, 0.29) is 5.91 Å². The Labute approximate surface area is 209 Å². The van der Waals surface area contributed by atoms with Crippen LogP contribution in [0.5, 0.6) is 0 Å². The first-order valence-corrected chi connectivity index (χ1v) is 12.3. The second-order valence-corrected chi connectivity index (χ2v) is 9.56. The Kier molecular flexibility index (Phi) is 5.53. The van der Waals surface area contributed by atoms with Gasteiger partial charge in [0.25, 0.3) is 0 Å². The lowest BCUT2D eigenvalue weighted by molar-refractivity contribution is -0.126. The quantitative estimate of drug-likeness (QED) is 0.392. The molecule has 4 aromatic rings. The Balaban J connectivity index is 1.31. The van der Waals surface area contributed by atoms with Gasteiger partial charge in [0.1, 0.15) is 6.07 Å². The van der Waals surface area contributed by atoms with Gasteiger partial charge in [-0.15, -0.1) is 0 Å². The molecule has 0 N–H and O–H groups in total. The van der Waals surface area contributed by atoms with Gasteiger partial charge in [0.15, 0.2) is 0 Å². The Morgan fingerprint density at radius 1 is 1.03 bits per heavy atom. The average molecular weight is 478 g/mol. The van der Waals surface area contributed by atoms with Gasteiger partial charge >= 0.3 is 0 Å². The van der Waals surface area contributed by atoms with E-state index in [1.165, 1.54) is 18.9 Å². The van der Waals surface area contributed by atoms with Crippen LogP contribution in [-0.4, -0.2) is 56.4 Å². The van der Waals surface area contributed by atoms with Crippen LogP contribution in [0.15, 0.2) is 67.8 Å². The monoisotopic (exact) mass is 477 g/mol. The molecule has 1 saturated carbocycles. The summed E-state index contributed by atoms with van der Waals surface area (Å²) in [4.78, 5) is 16.0. The second kappa shape index (κ2) is 9.00. The number of benzene rings is 1. The summed E-state index contributed by atoms with van der Waals surface area (Å²) < 4.78 is 3.82. The van der Waals surface area contributed by atoms with Crippen molar-refractivity contribution in [2.75, 3.05) is 31.1 Å². The number of anilines is 1. The number of rotatable bonds is 6. The molecule has 2 aliphatic rings. The van der Waals surface area contributed by atoms with Gasteiger partial charge in [-0.2, -0.15) is 15.5 Å². The van der Waals surface area contributed by atoms with Crippen molar-refractivity contribution in [2.45, 2.75) is 19.4 Å². The third kappa shape index (κ3) is 4.13. The number of carbonyl (C=O) groups is 1. The third-order valence-corrected chi connectivity index (χ3v) is 7.15. The van der Waals surface area contributed by atoms with E-state index in [1.807, 2.05) is 22.0 Å². The lowest BCUT2D eigenvalue weighted by atomic mass is 9.99. The lowest BCUT2D eigenvalue weighted by Crippen LogP contribution is -2.48. The molecule has 1 aliphatic carbocycles. The second-order valence-electron chi connectivity index (χ2n) is 9.56. The molecule has 1 aromatic carbocycles. The molecule has 0 spiro atoms. The average Bonchev–Trinajstić information content (AvgIpc) is 3.44. The molecule has 1 saturated heterocycles. The van der Waals surface area contributed by atoms with Crippen molar-refractivity contribution in [1.29, 1.82) is 5.26 Å². The number of aromatic nitrogens is 4. The van der Waals surface area contributed by atoms with Crippen LogP contribution in [0.4, 0.5) is 5.69 Å². The highest BCUT2D eigenvalue weighted by Gasteiger charge is 2.23. The first-order valence-electron chi connectivity index (χ1n) is 12.3. The summed E-state index contributed by atoms with van der Waals surface area (Å²) in [5, 5.41) is 18.7. The minimum absolute atomic E-state index is 0.0129. The van der Waals surface area contributed by atoms with E-state index in [1.54, 1.807) is 10.7 Å². The van der Waals surface area contributed by atoms with Crippen molar-refractivity contribution in [1.82, 2.24) is 24.3 Å². The summed E-state index contributed by atoms with van der Waals surface area (Å²) in [5.41, 5.74) is 6.50. The van der Waals surface area contributed by atoms with E-state index in [0.29, 0.717) is 18.7 Å². The van der Waals surface area contributed by atoms with E-state index >= 15 is 0 Å². The van der Waals surface area contributed by atoms with Crippen molar-refractivity contribution in [3.05, 3.63) is 73.3 Å². The molecular formula is C28H27N7O. The number of pyridine rings is 1. The van der Waals surface area contributed by atoms with Crippen LogP contribution < -0.4 is 4.90 Å². The predicted molar refractivity (Wildman–Crippen MR) is 138 cm³/mol. The third-order valence-electron chi connectivity index (χ3n) is 7.15. The summed E-state index contributed by atoms with van der Waals surface area (Å²) >= 11 is 0. The molecule has 1 aliphatic heterocycles. The molecule has 3 aromatic heterocycles. The molecule has 36 heavy (non-hydrogen) atoms. The Hall–Kier alpha value is -4.38. The predicted octanol–water partition coefficient (Wildman–Crippen LogP) is 3.98. The molecule has 0 unspecified atom stereocenters. The first-order chi connectivity index (χ1) is 17.6. The Morgan fingerprint density at radius 3 is 2.50 bits per heavy atom. The van der Waals surface area contributed by atoms with Gasteiger partial charge in [-0.1, -0.05) is 18.7 Å². The molecule has 8 nitrogen and oxygen atoms in total. The maximum absolute atomic E-state index is 11.9. The Morgan fingerprint density at radius 2 is 1.81 bits per heavy atom. The SMILES string of the molecule is C=CC(=O)N1CCN(c2ccc(-c3cc(-c4cnn(CC5CC5)c4)cn4ncc(C#N)c34)cc2)CC1. The van der Waals surface area contributed by atoms with Gasteiger partial charge < -0.3 is 9.80 Å². The maximum atomic E-state index is 11.9. The topological polar surface area (TPSA) is 82.5 Å². The summed E-state index contributed by atoms with van der Waals surface area (Å²) in [6, 6.07) is 12.8. The van der Waals surface area contributed by atoms with Gasteiger partial charge in [0.05, 0.1) is 23.5 Å². The zero-order valence-electron chi connectivity index (χ0n) is 20.0. The van der Waals surface area contributed by atoms with Crippen LogP contribution >= 0.6 is 0 Å². The lowest BCUT2D eigenvalue weighted by Gasteiger charge is -2.35. The zero-order chi connectivity index (χ0) is 24.6. The van der Waals surface area contributed by atoms with Crippen LogP contribution in [0, 0.1) is 17.2 Å². The van der Waals surface area contributed by atoms with E-state index in [4.69, 9.17) is 0 Å². The zero-order valence-corrected chi connectivity index (χ0v) is 20.0. The number of hydrogen-bond acceptors (Lipinski definition) is 5. The summed E-state index contributed by atoms with van der Waals surface area (Å²) in [6.07, 6.45) is 11.5. The van der Waals surface area contributed by atoms with E-state index < -0.39 is 0 Å². The molecule has 4 heterocycles. The van der Waals surface area contributed by atoms with E-state index in [2.05, 4.69) is 64.3 Å². The van der Waals surface area contributed by atoms with Gasteiger partial charge in [0, 0.05) is 67.5 Å². The number of piperazine rings is 1. The smallest absolute Gasteiger partial charge is 0.246 e. The number of hydrogen-bond donors (Lipinski definition) is 0. The number of fused-ring (bicyclic) bond motifs is 1. The van der Waals surface area contributed by atoms with Crippen molar-refractivity contribution in [3.63, 3.8) is 0 Å². The molecular weight excluding hydrogens is 450 g/mol. The normalized spacial score (nSPS) is 15.8.